The van der Waals surface area contributed by atoms with Gasteiger partial charge in [-0.15, -0.1) is 0 Å². The van der Waals surface area contributed by atoms with Gasteiger partial charge in [0.25, 0.3) is 0 Å². The zero-order chi connectivity index (χ0) is 14.4. The van der Waals surface area contributed by atoms with Gasteiger partial charge in [-0.05, 0) is 65.3 Å². The first-order valence-corrected chi connectivity index (χ1v) is 7.60. The standard InChI is InChI=1S/C16H20BrN3/c1-3-20(12-13-6-8-19-9-7-13)16-5-4-14(11-18-2)10-15(16)17/h4-10,18H,3,11-12H2,1-2H3. The Morgan fingerprint density at radius 3 is 2.50 bits per heavy atom. The van der Waals surface area contributed by atoms with Gasteiger partial charge in [-0.2, -0.15) is 0 Å². The molecule has 1 N–H and O–H groups in total. The van der Waals surface area contributed by atoms with Crippen molar-refractivity contribution < 1.29 is 0 Å². The summed E-state index contributed by atoms with van der Waals surface area (Å²) >= 11 is 3.69. The van der Waals surface area contributed by atoms with Crippen molar-refractivity contribution in [3.63, 3.8) is 0 Å². The summed E-state index contributed by atoms with van der Waals surface area (Å²) in [5.74, 6) is 0. The number of hydrogen-bond donors (Lipinski definition) is 1. The van der Waals surface area contributed by atoms with Gasteiger partial charge >= 0.3 is 0 Å². The van der Waals surface area contributed by atoms with E-state index in [-0.39, 0.29) is 0 Å². The van der Waals surface area contributed by atoms with E-state index in [0.29, 0.717) is 0 Å². The van der Waals surface area contributed by atoms with Gasteiger partial charge in [0.05, 0.1) is 5.69 Å². The van der Waals surface area contributed by atoms with Gasteiger partial charge in [-0.3, -0.25) is 4.98 Å². The van der Waals surface area contributed by atoms with Crippen LogP contribution < -0.4 is 10.2 Å². The number of pyridine rings is 1. The minimum atomic E-state index is 0.884. The van der Waals surface area contributed by atoms with Crippen molar-refractivity contribution in [2.45, 2.75) is 20.0 Å². The summed E-state index contributed by atoms with van der Waals surface area (Å²) in [6.45, 7) is 4.92. The van der Waals surface area contributed by atoms with Crippen LogP contribution in [0.4, 0.5) is 5.69 Å². The van der Waals surface area contributed by atoms with Crippen molar-refractivity contribution in [2.24, 2.45) is 0 Å². The molecule has 0 aliphatic rings. The van der Waals surface area contributed by atoms with E-state index in [1.54, 1.807) is 0 Å². The molecule has 3 nitrogen and oxygen atoms in total. The van der Waals surface area contributed by atoms with Crippen molar-refractivity contribution >= 4 is 21.6 Å². The third-order valence-corrected chi connectivity index (χ3v) is 3.87. The maximum atomic E-state index is 4.07. The summed E-state index contributed by atoms with van der Waals surface area (Å²) in [5.41, 5.74) is 3.78. The van der Waals surface area contributed by atoms with Gasteiger partial charge in [0.1, 0.15) is 0 Å². The molecule has 4 heteroatoms. The van der Waals surface area contributed by atoms with Crippen LogP contribution in [0.2, 0.25) is 0 Å². The molecular formula is C16H20BrN3. The molecule has 1 aromatic heterocycles. The lowest BCUT2D eigenvalue weighted by molar-refractivity contribution is 0.810. The van der Waals surface area contributed by atoms with Crippen molar-refractivity contribution in [1.29, 1.82) is 0 Å². The lowest BCUT2D eigenvalue weighted by Crippen LogP contribution is -2.22. The maximum absolute atomic E-state index is 4.07. The molecule has 20 heavy (non-hydrogen) atoms. The maximum Gasteiger partial charge on any atom is 0.0513 e. The van der Waals surface area contributed by atoms with Crippen LogP contribution in [0.25, 0.3) is 0 Å². The molecule has 1 aromatic carbocycles. The summed E-state index contributed by atoms with van der Waals surface area (Å²) in [7, 11) is 1.96. The molecule has 0 spiro atoms. The van der Waals surface area contributed by atoms with Gasteiger partial charge < -0.3 is 10.2 Å². The highest BCUT2D eigenvalue weighted by Crippen LogP contribution is 2.28. The van der Waals surface area contributed by atoms with Crippen LogP contribution in [0.3, 0.4) is 0 Å². The lowest BCUT2D eigenvalue weighted by Gasteiger charge is -2.25. The monoisotopic (exact) mass is 333 g/mol. The average Bonchev–Trinajstić information content (AvgIpc) is 2.47. The third kappa shape index (κ3) is 3.81. The zero-order valence-corrected chi connectivity index (χ0v) is 13.5. The van der Waals surface area contributed by atoms with Gasteiger partial charge in [0.15, 0.2) is 0 Å². The highest BCUT2D eigenvalue weighted by atomic mass is 79.9. The topological polar surface area (TPSA) is 28.2 Å². The quantitative estimate of drug-likeness (QED) is 0.875. The Morgan fingerprint density at radius 1 is 1.15 bits per heavy atom. The lowest BCUT2D eigenvalue weighted by atomic mass is 10.1. The highest BCUT2D eigenvalue weighted by Gasteiger charge is 2.09. The SMILES string of the molecule is CCN(Cc1ccncc1)c1ccc(CNC)cc1Br. The number of hydrogen-bond acceptors (Lipinski definition) is 3. The molecule has 0 unspecified atom stereocenters. The molecule has 0 bridgehead atoms. The highest BCUT2D eigenvalue weighted by molar-refractivity contribution is 9.10. The average molecular weight is 334 g/mol. The van der Waals surface area contributed by atoms with E-state index in [2.05, 4.69) is 68.4 Å². The van der Waals surface area contributed by atoms with Crippen LogP contribution in [0, 0.1) is 0 Å². The Kier molecular flexibility index (Phi) is 5.56. The van der Waals surface area contributed by atoms with Crippen molar-refractivity contribution in [2.75, 3.05) is 18.5 Å². The normalized spacial score (nSPS) is 10.6. The van der Waals surface area contributed by atoms with E-state index in [1.807, 2.05) is 19.4 Å². The first kappa shape index (κ1) is 15.0. The van der Waals surface area contributed by atoms with E-state index < -0.39 is 0 Å². The predicted molar refractivity (Wildman–Crippen MR) is 87.9 cm³/mol. The Balaban J connectivity index is 2.19. The molecule has 0 amide bonds. The second-order valence-electron chi connectivity index (χ2n) is 4.69. The van der Waals surface area contributed by atoms with Crippen LogP contribution in [0.15, 0.2) is 47.2 Å². The predicted octanol–water partition coefficient (Wildman–Crippen LogP) is 3.59. The molecule has 0 aliphatic heterocycles. The van der Waals surface area contributed by atoms with E-state index in [1.165, 1.54) is 16.8 Å². The fourth-order valence-electron chi connectivity index (χ4n) is 2.20. The van der Waals surface area contributed by atoms with Gasteiger partial charge in [-0.1, -0.05) is 6.07 Å². The summed E-state index contributed by atoms with van der Waals surface area (Å²) in [6, 6.07) is 10.7. The molecule has 0 fully saturated rings. The van der Waals surface area contributed by atoms with Crippen molar-refractivity contribution in [1.82, 2.24) is 10.3 Å². The minimum Gasteiger partial charge on any atom is -0.367 e. The summed E-state index contributed by atoms with van der Waals surface area (Å²) in [4.78, 5) is 6.42. The van der Waals surface area contributed by atoms with Gasteiger partial charge in [0.2, 0.25) is 0 Å². The summed E-state index contributed by atoms with van der Waals surface area (Å²) in [5, 5.41) is 3.17. The molecule has 0 saturated carbocycles. The second kappa shape index (κ2) is 7.41. The molecule has 0 atom stereocenters. The number of aromatic nitrogens is 1. The number of nitrogens with one attached hydrogen (secondary N) is 1. The number of nitrogens with zero attached hydrogens (tertiary/aromatic N) is 2. The molecule has 0 saturated heterocycles. The van der Waals surface area contributed by atoms with Crippen LogP contribution in [0.5, 0.6) is 0 Å². The van der Waals surface area contributed by atoms with Gasteiger partial charge in [0, 0.05) is 36.5 Å². The molecule has 1 heterocycles. The molecular weight excluding hydrogens is 314 g/mol. The zero-order valence-electron chi connectivity index (χ0n) is 11.9. The molecule has 0 aliphatic carbocycles. The van der Waals surface area contributed by atoms with E-state index in [0.717, 1.165) is 24.1 Å². The molecule has 2 rings (SSSR count). The molecule has 106 valence electrons. The first-order chi connectivity index (χ1) is 9.74. The fourth-order valence-corrected chi connectivity index (χ4v) is 2.87. The summed E-state index contributed by atoms with van der Waals surface area (Å²) < 4.78 is 1.14. The Labute approximate surface area is 129 Å². The molecule has 0 radical (unpaired) electrons. The fraction of sp³-hybridized carbons (Fsp3) is 0.312. The van der Waals surface area contributed by atoms with Crippen molar-refractivity contribution in [3.8, 4) is 0 Å². The van der Waals surface area contributed by atoms with Crippen LogP contribution in [-0.4, -0.2) is 18.6 Å². The van der Waals surface area contributed by atoms with Crippen LogP contribution in [-0.2, 0) is 13.1 Å². The number of halogens is 1. The molecule has 2 aromatic rings. The van der Waals surface area contributed by atoms with Crippen molar-refractivity contribution in [3.05, 3.63) is 58.3 Å². The smallest absolute Gasteiger partial charge is 0.0513 e. The van der Waals surface area contributed by atoms with Crippen LogP contribution >= 0.6 is 15.9 Å². The first-order valence-electron chi connectivity index (χ1n) is 6.81. The number of anilines is 1. The number of rotatable bonds is 6. The number of benzene rings is 1. The Hall–Kier alpha value is -1.39. The Bertz CT molecular complexity index is 543. The van der Waals surface area contributed by atoms with E-state index in [4.69, 9.17) is 0 Å². The minimum absolute atomic E-state index is 0.884. The largest absolute Gasteiger partial charge is 0.367 e. The van der Waals surface area contributed by atoms with E-state index in [9.17, 15) is 0 Å². The summed E-state index contributed by atoms with van der Waals surface area (Å²) in [6.07, 6.45) is 3.68. The van der Waals surface area contributed by atoms with Gasteiger partial charge in [-0.25, -0.2) is 0 Å². The van der Waals surface area contributed by atoms with E-state index >= 15 is 0 Å². The van der Waals surface area contributed by atoms with Crippen LogP contribution in [0.1, 0.15) is 18.1 Å². The Morgan fingerprint density at radius 2 is 1.90 bits per heavy atom. The third-order valence-electron chi connectivity index (χ3n) is 3.24. The second-order valence-corrected chi connectivity index (χ2v) is 5.54.